The fourth-order valence-corrected chi connectivity index (χ4v) is 2.22. The summed E-state index contributed by atoms with van der Waals surface area (Å²) in [6, 6.07) is 5.81. The molecule has 0 saturated heterocycles. The average molecular weight is 256 g/mol. The molecule has 0 fully saturated rings. The van der Waals surface area contributed by atoms with E-state index in [0.717, 1.165) is 10.8 Å². The van der Waals surface area contributed by atoms with Crippen molar-refractivity contribution in [3.05, 3.63) is 41.7 Å². The summed E-state index contributed by atoms with van der Waals surface area (Å²) in [6.45, 7) is 6.88. The van der Waals surface area contributed by atoms with Crippen LogP contribution in [0.5, 0.6) is 0 Å². The molecule has 1 aromatic carbocycles. The van der Waals surface area contributed by atoms with E-state index in [4.69, 9.17) is 5.73 Å². The maximum absolute atomic E-state index is 11.9. The van der Waals surface area contributed by atoms with Crippen molar-refractivity contribution in [1.82, 2.24) is 4.98 Å². The van der Waals surface area contributed by atoms with E-state index in [1.54, 1.807) is 0 Å². The second-order valence-corrected chi connectivity index (χ2v) is 5.83. The van der Waals surface area contributed by atoms with Crippen LogP contribution < -0.4 is 5.73 Å². The zero-order valence-corrected chi connectivity index (χ0v) is 11.7. The Labute approximate surface area is 113 Å². The number of benzene rings is 1. The molecule has 3 heteroatoms. The van der Waals surface area contributed by atoms with Crippen LogP contribution >= 0.6 is 0 Å². The van der Waals surface area contributed by atoms with Crippen LogP contribution in [0.4, 0.5) is 0 Å². The van der Waals surface area contributed by atoms with Crippen molar-refractivity contribution in [2.75, 3.05) is 6.54 Å². The minimum atomic E-state index is 0.0370. The summed E-state index contributed by atoms with van der Waals surface area (Å²) in [7, 11) is 0. The lowest BCUT2D eigenvalue weighted by molar-refractivity contribution is 0.0985. The van der Waals surface area contributed by atoms with Crippen LogP contribution in [-0.2, 0) is 5.41 Å². The number of aromatic nitrogens is 1. The Kier molecular flexibility index (Phi) is 3.67. The molecule has 0 unspecified atom stereocenters. The normalized spacial score (nSPS) is 11.8. The van der Waals surface area contributed by atoms with E-state index in [1.807, 2.05) is 30.6 Å². The lowest BCUT2D eigenvalue weighted by Crippen LogP contribution is -2.12. The van der Waals surface area contributed by atoms with Crippen molar-refractivity contribution in [2.45, 2.75) is 32.6 Å². The number of fused-ring (bicyclic) bond motifs is 1. The van der Waals surface area contributed by atoms with Crippen molar-refractivity contribution >= 4 is 16.6 Å². The lowest BCUT2D eigenvalue weighted by Gasteiger charge is -2.20. The Morgan fingerprint density at radius 1 is 1.26 bits per heavy atom. The van der Waals surface area contributed by atoms with Gasteiger partial charge in [0.1, 0.15) is 0 Å². The predicted octanol–water partition coefficient (Wildman–Crippen LogP) is 3.06. The first kappa shape index (κ1) is 13.7. The van der Waals surface area contributed by atoms with Gasteiger partial charge in [0.25, 0.3) is 0 Å². The lowest BCUT2D eigenvalue weighted by atomic mass is 9.85. The largest absolute Gasteiger partial charge is 0.330 e. The second kappa shape index (κ2) is 5.10. The van der Waals surface area contributed by atoms with Gasteiger partial charge in [-0.15, -0.1) is 0 Å². The highest BCUT2D eigenvalue weighted by Crippen LogP contribution is 2.29. The Morgan fingerprint density at radius 2 is 2.00 bits per heavy atom. The first-order valence-electron chi connectivity index (χ1n) is 6.55. The number of ketones is 1. The fraction of sp³-hybridized carbons (Fsp3) is 0.375. The number of pyridine rings is 1. The van der Waals surface area contributed by atoms with Crippen LogP contribution in [0.25, 0.3) is 10.8 Å². The molecule has 0 aliphatic rings. The quantitative estimate of drug-likeness (QED) is 0.859. The van der Waals surface area contributed by atoms with Gasteiger partial charge in [0, 0.05) is 29.8 Å². The monoisotopic (exact) mass is 256 g/mol. The molecule has 0 saturated carbocycles. The molecule has 0 bridgehead atoms. The summed E-state index contributed by atoms with van der Waals surface area (Å²) in [5, 5.41) is 2.17. The average Bonchev–Trinajstić information content (AvgIpc) is 2.36. The van der Waals surface area contributed by atoms with Gasteiger partial charge in [-0.25, -0.2) is 0 Å². The molecule has 0 aliphatic carbocycles. The highest BCUT2D eigenvalue weighted by Gasteiger charge is 2.17. The third-order valence-electron chi connectivity index (χ3n) is 3.26. The van der Waals surface area contributed by atoms with Gasteiger partial charge in [0.05, 0.1) is 0 Å². The molecule has 3 nitrogen and oxygen atoms in total. The van der Waals surface area contributed by atoms with Crippen molar-refractivity contribution < 1.29 is 4.79 Å². The fourth-order valence-electron chi connectivity index (χ4n) is 2.22. The number of Topliss-reactive ketones (excluding diaryl/α,β-unsaturated/α-hetero) is 1. The molecule has 0 atom stereocenters. The van der Waals surface area contributed by atoms with Gasteiger partial charge in [0.2, 0.25) is 0 Å². The van der Waals surface area contributed by atoms with Crippen LogP contribution in [0.3, 0.4) is 0 Å². The van der Waals surface area contributed by atoms with E-state index in [-0.39, 0.29) is 11.2 Å². The first-order chi connectivity index (χ1) is 8.93. The summed E-state index contributed by atoms with van der Waals surface area (Å²) < 4.78 is 0. The molecule has 100 valence electrons. The standard InChI is InChI=1S/C16H20N2O/c1-16(2,3)14-10-18-9-12-8-11(4-5-13(12)14)15(19)6-7-17/h4-5,8-10H,6-7,17H2,1-3H3. The maximum Gasteiger partial charge on any atom is 0.164 e. The molecule has 0 aliphatic heterocycles. The van der Waals surface area contributed by atoms with Crippen LogP contribution in [0.1, 0.15) is 43.1 Å². The van der Waals surface area contributed by atoms with Crippen LogP contribution in [0.15, 0.2) is 30.6 Å². The molecule has 1 heterocycles. The molecule has 0 radical (unpaired) electrons. The number of rotatable bonds is 3. The second-order valence-electron chi connectivity index (χ2n) is 5.83. The van der Waals surface area contributed by atoms with Crippen molar-refractivity contribution in [1.29, 1.82) is 0 Å². The van der Waals surface area contributed by atoms with E-state index in [0.29, 0.717) is 18.5 Å². The van der Waals surface area contributed by atoms with Crippen molar-refractivity contribution in [3.8, 4) is 0 Å². The van der Waals surface area contributed by atoms with E-state index >= 15 is 0 Å². The minimum absolute atomic E-state index is 0.0370. The Balaban J connectivity index is 2.54. The van der Waals surface area contributed by atoms with Crippen LogP contribution in [0.2, 0.25) is 0 Å². The molecule has 1 aromatic heterocycles. The minimum Gasteiger partial charge on any atom is -0.330 e. The van der Waals surface area contributed by atoms with Gasteiger partial charge in [-0.05, 0) is 29.0 Å². The molecule has 2 rings (SSSR count). The van der Waals surface area contributed by atoms with Gasteiger partial charge in [-0.3, -0.25) is 9.78 Å². The summed E-state index contributed by atoms with van der Waals surface area (Å²) in [6.07, 6.45) is 4.10. The molecule has 19 heavy (non-hydrogen) atoms. The van der Waals surface area contributed by atoms with E-state index in [2.05, 4.69) is 25.8 Å². The molecule has 2 N–H and O–H groups in total. The van der Waals surface area contributed by atoms with Gasteiger partial charge < -0.3 is 5.73 Å². The zero-order valence-electron chi connectivity index (χ0n) is 11.7. The summed E-state index contributed by atoms with van der Waals surface area (Å²) in [4.78, 5) is 16.2. The zero-order chi connectivity index (χ0) is 14.0. The maximum atomic E-state index is 11.9. The van der Waals surface area contributed by atoms with E-state index in [1.165, 1.54) is 5.56 Å². The van der Waals surface area contributed by atoms with Gasteiger partial charge in [-0.2, -0.15) is 0 Å². The smallest absolute Gasteiger partial charge is 0.164 e. The van der Waals surface area contributed by atoms with E-state index < -0.39 is 0 Å². The third-order valence-corrected chi connectivity index (χ3v) is 3.26. The van der Waals surface area contributed by atoms with Gasteiger partial charge in [-0.1, -0.05) is 32.9 Å². The van der Waals surface area contributed by atoms with Gasteiger partial charge in [0.15, 0.2) is 5.78 Å². The third kappa shape index (κ3) is 2.82. The summed E-state index contributed by atoms with van der Waals surface area (Å²) in [5.41, 5.74) is 7.38. The molecule has 2 aromatic rings. The summed E-state index contributed by atoms with van der Waals surface area (Å²) >= 11 is 0. The molecular formula is C16H20N2O. The highest BCUT2D eigenvalue weighted by atomic mass is 16.1. The van der Waals surface area contributed by atoms with Gasteiger partial charge >= 0.3 is 0 Å². The SMILES string of the molecule is CC(C)(C)c1cncc2cc(C(=O)CCN)ccc12. The number of carbonyl (C=O) groups is 1. The number of carbonyl (C=O) groups excluding carboxylic acids is 1. The molecule has 0 amide bonds. The Hall–Kier alpha value is -1.74. The Bertz CT molecular complexity index is 612. The topological polar surface area (TPSA) is 56.0 Å². The van der Waals surface area contributed by atoms with Crippen LogP contribution in [0, 0.1) is 0 Å². The number of hydrogen-bond donors (Lipinski definition) is 1. The van der Waals surface area contributed by atoms with Crippen molar-refractivity contribution in [2.24, 2.45) is 5.73 Å². The number of nitrogens with zero attached hydrogens (tertiary/aromatic N) is 1. The summed E-state index contributed by atoms with van der Waals surface area (Å²) in [5.74, 6) is 0.0885. The number of nitrogens with two attached hydrogens (primary N) is 1. The van der Waals surface area contributed by atoms with Crippen molar-refractivity contribution in [3.63, 3.8) is 0 Å². The highest BCUT2D eigenvalue weighted by molar-refractivity contribution is 6.00. The molecular weight excluding hydrogens is 236 g/mol. The number of hydrogen-bond acceptors (Lipinski definition) is 3. The van der Waals surface area contributed by atoms with Crippen LogP contribution in [-0.4, -0.2) is 17.3 Å². The first-order valence-corrected chi connectivity index (χ1v) is 6.55. The molecule has 0 spiro atoms. The Morgan fingerprint density at radius 3 is 2.63 bits per heavy atom. The predicted molar refractivity (Wildman–Crippen MR) is 78.4 cm³/mol. The van der Waals surface area contributed by atoms with E-state index in [9.17, 15) is 4.79 Å².